The van der Waals surface area contributed by atoms with Crippen LogP contribution in [0.25, 0.3) is 0 Å². The average Bonchev–Trinajstić information content (AvgIpc) is 3.21. The van der Waals surface area contributed by atoms with E-state index in [1.54, 1.807) is 12.1 Å². The van der Waals surface area contributed by atoms with Crippen LogP contribution in [-0.4, -0.2) is 33.2 Å². The van der Waals surface area contributed by atoms with Crippen molar-refractivity contribution >= 4 is 27.3 Å². The van der Waals surface area contributed by atoms with E-state index in [1.807, 2.05) is 12.1 Å². The summed E-state index contributed by atoms with van der Waals surface area (Å²) in [6.07, 6.45) is 6.01. The van der Waals surface area contributed by atoms with Crippen molar-refractivity contribution in [2.45, 2.75) is 44.6 Å². The minimum absolute atomic E-state index is 0.0136. The van der Waals surface area contributed by atoms with Gasteiger partial charge in [-0.25, -0.2) is 17.2 Å². The topological polar surface area (TPSA) is 75.7 Å². The number of nitrogens with one attached hydrogen (secondary N) is 1. The summed E-state index contributed by atoms with van der Waals surface area (Å²) in [6.45, 7) is -0.0362. The van der Waals surface area contributed by atoms with Gasteiger partial charge in [-0.05, 0) is 68.5 Å². The molecule has 168 valence electrons. The van der Waals surface area contributed by atoms with E-state index >= 15 is 0 Å². The van der Waals surface area contributed by atoms with Crippen molar-refractivity contribution in [2.24, 2.45) is 0 Å². The Hall–Kier alpha value is -2.68. The molecule has 1 N–H and O–H groups in total. The number of nitrogens with zero attached hydrogens (tertiary/aromatic N) is 1. The van der Waals surface area contributed by atoms with Gasteiger partial charge in [-0.3, -0.25) is 9.10 Å². The van der Waals surface area contributed by atoms with Crippen molar-refractivity contribution in [3.05, 3.63) is 54.1 Å². The minimum Gasteiger partial charge on any atom is -0.490 e. The van der Waals surface area contributed by atoms with Crippen molar-refractivity contribution in [3.8, 4) is 5.75 Å². The van der Waals surface area contributed by atoms with Crippen LogP contribution >= 0.6 is 0 Å². The molecular formula is C22H26F2N2O4S. The summed E-state index contributed by atoms with van der Waals surface area (Å²) in [5.41, 5.74) is 0.629. The van der Waals surface area contributed by atoms with Crippen LogP contribution in [0.3, 0.4) is 0 Å². The van der Waals surface area contributed by atoms with E-state index in [4.69, 9.17) is 4.74 Å². The Kier molecular flexibility index (Phi) is 7.48. The van der Waals surface area contributed by atoms with Crippen LogP contribution in [-0.2, 0) is 14.8 Å². The van der Waals surface area contributed by atoms with Crippen LogP contribution in [0, 0.1) is 11.6 Å². The third-order valence-electron chi connectivity index (χ3n) is 5.10. The molecule has 0 radical (unpaired) electrons. The minimum atomic E-state index is -3.72. The first-order valence-corrected chi connectivity index (χ1v) is 12.1. The largest absolute Gasteiger partial charge is 0.490 e. The summed E-state index contributed by atoms with van der Waals surface area (Å²) in [6, 6.07) is 10.0. The molecule has 0 unspecified atom stereocenters. The highest BCUT2D eigenvalue weighted by molar-refractivity contribution is 7.92. The van der Waals surface area contributed by atoms with Gasteiger partial charge in [0.25, 0.3) is 0 Å². The number of sulfonamides is 1. The molecule has 0 aliphatic heterocycles. The first-order chi connectivity index (χ1) is 14.7. The highest BCUT2D eigenvalue weighted by Crippen LogP contribution is 2.25. The maximum absolute atomic E-state index is 13.5. The zero-order chi connectivity index (χ0) is 22.4. The number of hydrogen-bond acceptors (Lipinski definition) is 4. The molecule has 0 spiro atoms. The molecule has 2 aromatic carbocycles. The zero-order valence-electron chi connectivity index (χ0n) is 17.3. The second-order valence-electron chi connectivity index (χ2n) is 7.63. The van der Waals surface area contributed by atoms with E-state index in [1.165, 1.54) is 18.9 Å². The lowest BCUT2D eigenvalue weighted by Crippen LogP contribution is -2.31. The first kappa shape index (κ1) is 23.0. The van der Waals surface area contributed by atoms with Gasteiger partial charge in [0, 0.05) is 24.7 Å². The third-order valence-corrected chi connectivity index (χ3v) is 6.29. The SMILES string of the molecule is CS(=O)(=O)N(CCCC(=O)Nc1ccc(OC2CCCC2)cc1)c1ccc(F)c(F)c1. The zero-order valence-corrected chi connectivity index (χ0v) is 18.1. The van der Waals surface area contributed by atoms with E-state index in [-0.39, 0.29) is 37.1 Å². The number of carbonyl (C=O) groups is 1. The Labute approximate surface area is 181 Å². The smallest absolute Gasteiger partial charge is 0.232 e. The fourth-order valence-corrected chi connectivity index (χ4v) is 4.51. The molecular weight excluding hydrogens is 426 g/mol. The van der Waals surface area contributed by atoms with Gasteiger partial charge in [0.15, 0.2) is 11.6 Å². The van der Waals surface area contributed by atoms with Gasteiger partial charge in [0.1, 0.15) is 5.75 Å². The Morgan fingerprint density at radius 1 is 1.10 bits per heavy atom. The monoisotopic (exact) mass is 452 g/mol. The van der Waals surface area contributed by atoms with E-state index in [9.17, 15) is 22.0 Å². The normalized spacial score (nSPS) is 14.4. The Morgan fingerprint density at radius 2 is 1.77 bits per heavy atom. The lowest BCUT2D eigenvalue weighted by molar-refractivity contribution is -0.116. The standard InChI is InChI=1S/C22H26F2N2O4S/c1-31(28,29)26(17-10-13-20(23)21(24)15-17)14-4-7-22(27)25-16-8-11-19(12-9-16)30-18-5-2-3-6-18/h8-13,15,18H,2-7,14H2,1H3,(H,25,27). The molecule has 0 bridgehead atoms. The molecule has 0 atom stereocenters. The molecule has 9 heteroatoms. The Bertz CT molecular complexity index is 1010. The average molecular weight is 453 g/mol. The number of ether oxygens (including phenoxy) is 1. The van der Waals surface area contributed by atoms with Crippen molar-refractivity contribution < 1.29 is 26.7 Å². The van der Waals surface area contributed by atoms with E-state index in [0.717, 1.165) is 41.3 Å². The van der Waals surface area contributed by atoms with E-state index in [0.29, 0.717) is 5.69 Å². The molecule has 0 aromatic heterocycles. The molecule has 31 heavy (non-hydrogen) atoms. The summed E-state index contributed by atoms with van der Waals surface area (Å²) in [4.78, 5) is 12.2. The fourth-order valence-electron chi connectivity index (χ4n) is 3.55. The van der Waals surface area contributed by atoms with Crippen molar-refractivity contribution in [2.75, 3.05) is 22.4 Å². The van der Waals surface area contributed by atoms with Crippen molar-refractivity contribution in [1.29, 1.82) is 0 Å². The van der Waals surface area contributed by atoms with E-state index < -0.39 is 21.7 Å². The summed E-state index contributed by atoms with van der Waals surface area (Å²) in [5.74, 6) is -1.70. The van der Waals surface area contributed by atoms with Gasteiger partial charge in [0.2, 0.25) is 15.9 Å². The van der Waals surface area contributed by atoms with Crippen LogP contribution in [0.4, 0.5) is 20.2 Å². The second-order valence-corrected chi connectivity index (χ2v) is 9.54. The summed E-state index contributed by atoms with van der Waals surface area (Å²) in [7, 11) is -3.72. The number of hydrogen-bond donors (Lipinski definition) is 1. The number of carbonyl (C=O) groups excluding carboxylic acids is 1. The third kappa shape index (κ3) is 6.65. The Morgan fingerprint density at radius 3 is 2.39 bits per heavy atom. The molecule has 3 rings (SSSR count). The van der Waals surface area contributed by atoms with Crippen LogP contribution in [0.1, 0.15) is 38.5 Å². The number of amides is 1. The molecule has 0 heterocycles. The van der Waals surface area contributed by atoms with Crippen LogP contribution in [0.15, 0.2) is 42.5 Å². The van der Waals surface area contributed by atoms with Gasteiger partial charge in [-0.2, -0.15) is 0 Å². The molecule has 0 saturated heterocycles. The molecule has 1 saturated carbocycles. The lowest BCUT2D eigenvalue weighted by atomic mass is 10.2. The van der Waals surface area contributed by atoms with Gasteiger partial charge in [-0.1, -0.05) is 0 Å². The molecule has 1 aliphatic carbocycles. The molecule has 2 aromatic rings. The van der Waals surface area contributed by atoms with Gasteiger partial charge in [-0.15, -0.1) is 0 Å². The number of halogens is 2. The molecule has 1 fully saturated rings. The van der Waals surface area contributed by atoms with Crippen molar-refractivity contribution in [1.82, 2.24) is 0 Å². The maximum Gasteiger partial charge on any atom is 0.232 e. The molecule has 1 amide bonds. The number of anilines is 2. The predicted octanol–water partition coefficient (Wildman–Crippen LogP) is 4.47. The highest BCUT2D eigenvalue weighted by Gasteiger charge is 2.19. The van der Waals surface area contributed by atoms with Crippen LogP contribution in [0.5, 0.6) is 5.75 Å². The summed E-state index contributed by atoms with van der Waals surface area (Å²) in [5, 5.41) is 2.76. The quantitative estimate of drug-likeness (QED) is 0.609. The first-order valence-electron chi connectivity index (χ1n) is 10.2. The number of rotatable bonds is 9. The van der Waals surface area contributed by atoms with Gasteiger partial charge < -0.3 is 10.1 Å². The Balaban J connectivity index is 1.51. The summed E-state index contributed by atoms with van der Waals surface area (Å²) >= 11 is 0. The van der Waals surface area contributed by atoms with Crippen LogP contribution in [0.2, 0.25) is 0 Å². The number of benzene rings is 2. The lowest BCUT2D eigenvalue weighted by Gasteiger charge is -2.22. The fraction of sp³-hybridized carbons (Fsp3) is 0.409. The second kappa shape index (κ2) is 10.1. The van der Waals surface area contributed by atoms with E-state index in [2.05, 4.69) is 5.32 Å². The highest BCUT2D eigenvalue weighted by atomic mass is 32.2. The predicted molar refractivity (Wildman–Crippen MR) is 116 cm³/mol. The van der Waals surface area contributed by atoms with Gasteiger partial charge >= 0.3 is 0 Å². The van der Waals surface area contributed by atoms with Crippen molar-refractivity contribution in [3.63, 3.8) is 0 Å². The molecule has 1 aliphatic rings. The summed E-state index contributed by atoms with van der Waals surface area (Å²) < 4.78 is 57.6. The van der Waals surface area contributed by atoms with Crippen LogP contribution < -0.4 is 14.4 Å². The molecule has 6 nitrogen and oxygen atoms in total. The van der Waals surface area contributed by atoms with Gasteiger partial charge in [0.05, 0.1) is 18.0 Å². The maximum atomic E-state index is 13.5.